The van der Waals surface area contributed by atoms with Gasteiger partial charge in [-0.1, -0.05) is 36.1 Å². The molecule has 0 saturated heterocycles. The number of hydrogen-bond donors (Lipinski definition) is 0. The Kier molecular flexibility index (Phi) is 3.40. The van der Waals surface area contributed by atoms with E-state index in [-0.39, 0.29) is 5.41 Å². The molecular weight excluding hydrogens is 294 g/mol. The van der Waals surface area contributed by atoms with Crippen LogP contribution in [0.3, 0.4) is 0 Å². The Labute approximate surface area is 142 Å². The van der Waals surface area contributed by atoms with Crippen molar-refractivity contribution in [1.29, 1.82) is 5.26 Å². The molecule has 2 aliphatic rings. The third kappa shape index (κ3) is 2.20. The number of rotatable bonds is 2. The first-order valence-corrected chi connectivity index (χ1v) is 8.12. The third-order valence-electron chi connectivity index (χ3n) is 5.16. The molecule has 0 heterocycles. The molecule has 1 saturated carbocycles. The summed E-state index contributed by atoms with van der Waals surface area (Å²) in [6.45, 7) is 0. The number of nitriles is 1. The highest BCUT2D eigenvalue weighted by molar-refractivity contribution is 5.54. The molecule has 0 aliphatic heterocycles. The van der Waals surface area contributed by atoms with E-state index in [1.807, 2.05) is 36.4 Å². The Hall–Kier alpha value is -2.97. The molecule has 0 spiro atoms. The van der Waals surface area contributed by atoms with E-state index in [1.54, 1.807) is 7.11 Å². The Morgan fingerprint density at radius 2 is 1.75 bits per heavy atom. The van der Waals surface area contributed by atoms with E-state index < -0.39 is 0 Å². The van der Waals surface area contributed by atoms with Gasteiger partial charge in [-0.2, -0.15) is 5.26 Å². The first-order chi connectivity index (χ1) is 11.8. The largest absolute Gasteiger partial charge is 0.497 e. The molecule has 24 heavy (non-hydrogen) atoms. The summed E-state index contributed by atoms with van der Waals surface area (Å²) in [5.74, 6) is 8.81. The number of hydrogen-bond acceptors (Lipinski definition) is 2. The van der Waals surface area contributed by atoms with E-state index in [0.29, 0.717) is 17.4 Å². The SMILES string of the molecule is COc1ccc(C#CC2(c3ccc(C#N)cc3)C3C=CCC32)cc1. The fraction of sp³-hybridized carbons (Fsp3) is 0.227. The lowest BCUT2D eigenvalue weighted by molar-refractivity contribution is 0.415. The fourth-order valence-electron chi connectivity index (χ4n) is 3.80. The van der Waals surface area contributed by atoms with Crippen LogP contribution in [-0.2, 0) is 5.41 Å². The Morgan fingerprint density at radius 1 is 1.04 bits per heavy atom. The number of nitrogens with zero attached hydrogens (tertiary/aromatic N) is 1. The van der Waals surface area contributed by atoms with E-state index in [9.17, 15) is 0 Å². The predicted molar refractivity (Wildman–Crippen MR) is 93.4 cm³/mol. The van der Waals surface area contributed by atoms with E-state index in [0.717, 1.165) is 17.7 Å². The number of ether oxygens (including phenoxy) is 1. The topological polar surface area (TPSA) is 33.0 Å². The first kappa shape index (κ1) is 14.6. The van der Waals surface area contributed by atoms with Crippen molar-refractivity contribution in [3.8, 4) is 23.7 Å². The molecule has 2 aromatic carbocycles. The van der Waals surface area contributed by atoms with Crippen molar-refractivity contribution >= 4 is 0 Å². The maximum Gasteiger partial charge on any atom is 0.118 e. The zero-order chi connectivity index (χ0) is 16.6. The van der Waals surface area contributed by atoms with E-state index in [1.165, 1.54) is 5.56 Å². The molecule has 0 aromatic heterocycles. The van der Waals surface area contributed by atoms with Gasteiger partial charge in [0.2, 0.25) is 0 Å². The van der Waals surface area contributed by atoms with Gasteiger partial charge >= 0.3 is 0 Å². The van der Waals surface area contributed by atoms with Gasteiger partial charge in [0, 0.05) is 11.5 Å². The smallest absolute Gasteiger partial charge is 0.118 e. The monoisotopic (exact) mass is 311 g/mol. The van der Waals surface area contributed by atoms with Crippen LogP contribution in [0.5, 0.6) is 5.75 Å². The van der Waals surface area contributed by atoms with Crippen molar-refractivity contribution in [2.45, 2.75) is 11.8 Å². The molecule has 0 amide bonds. The molecule has 1 fully saturated rings. The van der Waals surface area contributed by atoms with Crippen molar-refractivity contribution in [2.24, 2.45) is 11.8 Å². The second-order valence-electron chi connectivity index (χ2n) is 6.33. The molecule has 3 atom stereocenters. The molecule has 4 rings (SSSR count). The highest BCUT2D eigenvalue weighted by Crippen LogP contribution is 2.64. The highest BCUT2D eigenvalue weighted by atomic mass is 16.5. The molecule has 0 radical (unpaired) electrons. The molecular formula is C22H17NO. The minimum atomic E-state index is -0.0946. The number of allylic oxidation sites excluding steroid dienone is 2. The summed E-state index contributed by atoms with van der Waals surface area (Å²) in [4.78, 5) is 0. The summed E-state index contributed by atoms with van der Waals surface area (Å²) in [7, 11) is 1.66. The van der Waals surface area contributed by atoms with E-state index >= 15 is 0 Å². The van der Waals surface area contributed by atoms with Gasteiger partial charge in [0.25, 0.3) is 0 Å². The fourth-order valence-corrected chi connectivity index (χ4v) is 3.80. The van der Waals surface area contributed by atoms with Gasteiger partial charge in [0.15, 0.2) is 0 Å². The van der Waals surface area contributed by atoms with Crippen molar-refractivity contribution < 1.29 is 4.74 Å². The zero-order valence-corrected chi connectivity index (χ0v) is 13.5. The Balaban J connectivity index is 1.69. The number of methoxy groups -OCH3 is 1. The molecule has 3 unspecified atom stereocenters. The summed E-state index contributed by atoms with van der Waals surface area (Å²) in [6, 6.07) is 18.0. The van der Waals surface area contributed by atoms with Gasteiger partial charge in [0.05, 0.1) is 24.2 Å². The average molecular weight is 311 g/mol. The lowest BCUT2D eigenvalue weighted by Crippen LogP contribution is -2.10. The van der Waals surface area contributed by atoms with Gasteiger partial charge < -0.3 is 4.74 Å². The van der Waals surface area contributed by atoms with E-state index in [2.05, 4.69) is 42.2 Å². The van der Waals surface area contributed by atoms with Gasteiger partial charge in [-0.25, -0.2) is 0 Å². The highest BCUT2D eigenvalue weighted by Gasteiger charge is 2.64. The molecule has 0 N–H and O–H groups in total. The predicted octanol–water partition coefficient (Wildman–Crippen LogP) is 4.06. The van der Waals surface area contributed by atoms with Crippen LogP contribution in [0.2, 0.25) is 0 Å². The second kappa shape index (κ2) is 5.59. The molecule has 2 nitrogen and oxygen atoms in total. The zero-order valence-electron chi connectivity index (χ0n) is 13.5. The Bertz CT molecular complexity index is 890. The minimum absolute atomic E-state index is 0.0946. The minimum Gasteiger partial charge on any atom is -0.497 e. The van der Waals surface area contributed by atoms with Crippen LogP contribution >= 0.6 is 0 Å². The number of fused-ring (bicyclic) bond motifs is 1. The van der Waals surface area contributed by atoms with Crippen LogP contribution in [-0.4, -0.2) is 7.11 Å². The molecule has 2 heteroatoms. The van der Waals surface area contributed by atoms with Crippen molar-refractivity contribution in [3.63, 3.8) is 0 Å². The molecule has 2 aromatic rings. The Morgan fingerprint density at radius 3 is 2.33 bits per heavy atom. The normalized spacial score (nSPS) is 26.0. The maximum atomic E-state index is 9.00. The first-order valence-electron chi connectivity index (χ1n) is 8.12. The summed E-state index contributed by atoms with van der Waals surface area (Å²) in [6.07, 6.45) is 5.64. The van der Waals surface area contributed by atoms with Crippen molar-refractivity contribution in [2.75, 3.05) is 7.11 Å². The standard InChI is InChI=1S/C22H17NO/c1-24-19-11-7-16(8-12-19)13-14-22(20-3-2-4-21(20)22)18-9-5-17(15-23)6-10-18/h2-3,5-12,20-21H,4H2,1H3. The van der Waals surface area contributed by atoms with Crippen molar-refractivity contribution in [3.05, 3.63) is 77.4 Å². The molecule has 116 valence electrons. The third-order valence-corrected chi connectivity index (χ3v) is 5.16. The van der Waals surface area contributed by atoms with Crippen LogP contribution in [0.4, 0.5) is 0 Å². The summed E-state index contributed by atoms with van der Waals surface area (Å²) in [5.41, 5.74) is 2.82. The van der Waals surface area contributed by atoms with E-state index in [4.69, 9.17) is 10.00 Å². The van der Waals surface area contributed by atoms with Crippen LogP contribution in [0.15, 0.2) is 60.7 Å². The van der Waals surface area contributed by atoms with Crippen LogP contribution in [0, 0.1) is 35.0 Å². The number of benzene rings is 2. The second-order valence-corrected chi connectivity index (χ2v) is 6.33. The quantitative estimate of drug-likeness (QED) is 0.619. The summed E-state index contributed by atoms with van der Waals surface area (Å²) in [5, 5.41) is 9.00. The lowest BCUT2D eigenvalue weighted by atomic mass is 9.89. The summed E-state index contributed by atoms with van der Waals surface area (Å²) >= 11 is 0. The lowest BCUT2D eigenvalue weighted by Gasteiger charge is -2.13. The van der Waals surface area contributed by atoms with Gasteiger partial charge in [-0.05, 0) is 54.3 Å². The van der Waals surface area contributed by atoms with Gasteiger partial charge in [-0.15, -0.1) is 0 Å². The molecule has 2 aliphatic carbocycles. The summed E-state index contributed by atoms with van der Waals surface area (Å²) < 4.78 is 5.20. The van der Waals surface area contributed by atoms with Gasteiger partial charge in [-0.3, -0.25) is 0 Å². The van der Waals surface area contributed by atoms with Gasteiger partial charge in [0.1, 0.15) is 5.75 Å². The maximum absolute atomic E-state index is 9.00. The van der Waals surface area contributed by atoms with Crippen LogP contribution in [0.25, 0.3) is 0 Å². The van der Waals surface area contributed by atoms with Crippen molar-refractivity contribution in [1.82, 2.24) is 0 Å². The molecule has 0 bridgehead atoms. The van der Waals surface area contributed by atoms with Crippen LogP contribution < -0.4 is 4.74 Å². The average Bonchev–Trinajstić information content (AvgIpc) is 2.99. The van der Waals surface area contributed by atoms with Crippen LogP contribution in [0.1, 0.15) is 23.1 Å².